The van der Waals surface area contributed by atoms with Crippen molar-refractivity contribution >= 4 is 23.4 Å². The van der Waals surface area contributed by atoms with E-state index in [0.717, 1.165) is 5.16 Å². The Morgan fingerprint density at radius 2 is 2.05 bits per heavy atom. The number of benzene rings is 1. The first kappa shape index (κ1) is 16.1. The Morgan fingerprint density at radius 1 is 1.33 bits per heavy atom. The lowest BCUT2D eigenvalue weighted by Gasteiger charge is -2.13. The molecule has 2 rings (SSSR count). The highest BCUT2D eigenvalue weighted by molar-refractivity contribution is 7.99. The highest BCUT2D eigenvalue weighted by Gasteiger charge is 2.12. The molecule has 2 aromatic rings. The normalized spacial score (nSPS) is 12.6. The summed E-state index contributed by atoms with van der Waals surface area (Å²) in [7, 11) is 0. The maximum atomic E-state index is 9.96. The Kier molecular flexibility index (Phi) is 5.90. The molecule has 1 aromatic heterocycles. The molecule has 1 N–H and O–H groups in total. The van der Waals surface area contributed by atoms with Gasteiger partial charge in [0, 0.05) is 16.8 Å². The van der Waals surface area contributed by atoms with Gasteiger partial charge in [0.05, 0.1) is 6.10 Å². The van der Waals surface area contributed by atoms with Gasteiger partial charge < -0.3 is 14.4 Å². The summed E-state index contributed by atoms with van der Waals surface area (Å²) in [6.45, 7) is 4.35. The molecule has 0 radical (unpaired) electrons. The molecule has 0 saturated heterocycles. The maximum absolute atomic E-state index is 9.96. The van der Waals surface area contributed by atoms with Gasteiger partial charge in [0.15, 0.2) is 5.16 Å². The molecule has 0 aliphatic carbocycles. The molecule has 5 nitrogen and oxygen atoms in total. The number of aromatic nitrogens is 3. The highest BCUT2D eigenvalue weighted by atomic mass is 35.5. The van der Waals surface area contributed by atoms with Crippen LogP contribution < -0.4 is 4.74 Å². The van der Waals surface area contributed by atoms with E-state index in [1.807, 2.05) is 4.57 Å². The molecule has 1 atom stereocenters. The minimum atomic E-state index is -0.581. The Balaban J connectivity index is 1.78. The zero-order valence-corrected chi connectivity index (χ0v) is 13.5. The fourth-order valence-corrected chi connectivity index (χ4v) is 2.71. The minimum Gasteiger partial charge on any atom is -0.491 e. The SMILES string of the molecule is CC(C)n1cnnc1SCC(O)COc1ccc(Cl)cc1. The van der Waals surface area contributed by atoms with Gasteiger partial charge in [-0.3, -0.25) is 0 Å². The van der Waals surface area contributed by atoms with Crippen molar-refractivity contribution in [1.29, 1.82) is 0 Å². The first-order valence-corrected chi connectivity index (χ1v) is 8.01. The van der Waals surface area contributed by atoms with E-state index in [1.54, 1.807) is 30.6 Å². The van der Waals surface area contributed by atoms with Crippen LogP contribution in [0.2, 0.25) is 5.02 Å². The van der Waals surface area contributed by atoms with Crippen molar-refractivity contribution in [2.45, 2.75) is 31.1 Å². The lowest BCUT2D eigenvalue weighted by Crippen LogP contribution is -2.20. The number of aliphatic hydroxyl groups excluding tert-OH is 1. The molecule has 0 spiro atoms. The van der Waals surface area contributed by atoms with Crippen LogP contribution in [0.3, 0.4) is 0 Å². The molecule has 0 aliphatic rings. The third kappa shape index (κ3) is 4.91. The molecule has 7 heteroatoms. The van der Waals surface area contributed by atoms with E-state index < -0.39 is 6.10 Å². The predicted octanol–water partition coefficient (Wildman–Crippen LogP) is 3.04. The van der Waals surface area contributed by atoms with E-state index >= 15 is 0 Å². The third-order valence-corrected chi connectivity index (χ3v) is 4.11. The molecule has 1 aromatic carbocycles. The summed E-state index contributed by atoms with van der Waals surface area (Å²) < 4.78 is 7.48. The second kappa shape index (κ2) is 7.68. The number of ether oxygens (including phenoxy) is 1. The van der Waals surface area contributed by atoms with Crippen molar-refractivity contribution in [3.8, 4) is 5.75 Å². The summed E-state index contributed by atoms with van der Waals surface area (Å²) in [4.78, 5) is 0. The number of halogens is 1. The largest absolute Gasteiger partial charge is 0.491 e. The summed E-state index contributed by atoms with van der Waals surface area (Å²) in [5.74, 6) is 1.19. The van der Waals surface area contributed by atoms with Gasteiger partial charge in [-0.1, -0.05) is 23.4 Å². The third-order valence-electron chi connectivity index (χ3n) is 2.76. The summed E-state index contributed by atoms with van der Waals surface area (Å²) in [5, 5.41) is 19.4. The quantitative estimate of drug-likeness (QED) is 0.792. The smallest absolute Gasteiger partial charge is 0.191 e. The molecule has 0 saturated carbocycles. The Morgan fingerprint density at radius 3 is 2.71 bits per heavy atom. The second-order valence-electron chi connectivity index (χ2n) is 4.84. The summed E-state index contributed by atoms with van der Waals surface area (Å²) >= 11 is 7.26. The first-order valence-electron chi connectivity index (χ1n) is 6.65. The molecular formula is C14H18ClN3O2S. The summed E-state index contributed by atoms with van der Waals surface area (Å²) in [6, 6.07) is 7.35. The van der Waals surface area contributed by atoms with Crippen LogP contribution in [-0.4, -0.2) is 38.3 Å². The molecule has 0 fully saturated rings. The van der Waals surface area contributed by atoms with E-state index in [1.165, 1.54) is 11.8 Å². The van der Waals surface area contributed by atoms with Crippen molar-refractivity contribution in [3.05, 3.63) is 35.6 Å². The number of nitrogens with zero attached hydrogens (tertiary/aromatic N) is 3. The average Bonchev–Trinajstić information content (AvgIpc) is 2.93. The van der Waals surface area contributed by atoms with Gasteiger partial charge in [0.25, 0.3) is 0 Å². The van der Waals surface area contributed by atoms with Crippen molar-refractivity contribution < 1.29 is 9.84 Å². The van der Waals surface area contributed by atoms with Gasteiger partial charge in [-0.25, -0.2) is 0 Å². The lowest BCUT2D eigenvalue weighted by molar-refractivity contribution is 0.126. The van der Waals surface area contributed by atoms with Crippen molar-refractivity contribution in [2.24, 2.45) is 0 Å². The lowest BCUT2D eigenvalue weighted by atomic mass is 10.3. The van der Waals surface area contributed by atoms with Crippen LogP contribution in [0.5, 0.6) is 5.75 Å². The zero-order chi connectivity index (χ0) is 15.2. The van der Waals surface area contributed by atoms with Crippen LogP contribution in [0.1, 0.15) is 19.9 Å². The molecule has 0 aliphatic heterocycles. The Labute approximate surface area is 133 Å². The van der Waals surface area contributed by atoms with Crippen LogP contribution in [0.4, 0.5) is 0 Å². The Hall–Kier alpha value is -1.24. The van der Waals surface area contributed by atoms with Gasteiger partial charge in [0.1, 0.15) is 18.7 Å². The van der Waals surface area contributed by atoms with Crippen molar-refractivity contribution in [3.63, 3.8) is 0 Å². The number of aliphatic hydroxyl groups is 1. The predicted molar refractivity (Wildman–Crippen MR) is 84.1 cm³/mol. The fourth-order valence-electron chi connectivity index (χ4n) is 1.63. The monoisotopic (exact) mass is 327 g/mol. The zero-order valence-electron chi connectivity index (χ0n) is 11.9. The summed E-state index contributed by atoms with van der Waals surface area (Å²) in [6.07, 6.45) is 1.12. The minimum absolute atomic E-state index is 0.227. The van der Waals surface area contributed by atoms with E-state index in [9.17, 15) is 5.11 Å². The second-order valence-corrected chi connectivity index (χ2v) is 6.27. The van der Waals surface area contributed by atoms with E-state index in [2.05, 4.69) is 24.0 Å². The van der Waals surface area contributed by atoms with Gasteiger partial charge in [-0.15, -0.1) is 10.2 Å². The number of hydrogen-bond donors (Lipinski definition) is 1. The average molecular weight is 328 g/mol. The van der Waals surface area contributed by atoms with Crippen LogP contribution >= 0.6 is 23.4 Å². The van der Waals surface area contributed by atoms with E-state index in [4.69, 9.17) is 16.3 Å². The van der Waals surface area contributed by atoms with Crippen LogP contribution in [-0.2, 0) is 0 Å². The van der Waals surface area contributed by atoms with Crippen LogP contribution in [0, 0.1) is 0 Å². The molecule has 0 bridgehead atoms. The van der Waals surface area contributed by atoms with Gasteiger partial charge in [-0.2, -0.15) is 0 Å². The Bertz CT molecular complexity index is 560. The topological polar surface area (TPSA) is 60.2 Å². The number of hydrogen-bond acceptors (Lipinski definition) is 5. The van der Waals surface area contributed by atoms with Crippen LogP contribution in [0.25, 0.3) is 0 Å². The van der Waals surface area contributed by atoms with Crippen molar-refractivity contribution in [1.82, 2.24) is 14.8 Å². The van der Waals surface area contributed by atoms with Gasteiger partial charge in [-0.05, 0) is 38.1 Å². The molecule has 1 unspecified atom stereocenters. The van der Waals surface area contributed by atoms with Gasteiger partial charge >= 0.3 is 0 Å². The molecule has 21 heavy (non-hydrogen) atoms. The van der Waals surface area contributed by atoms with Crippen LogP contribution in [0.15, 0.2) is 35.7 Å². The molecule has 1 heterocycles. The fraction of sp³-hybridized carbons (Fsp3) is 0.429. The standard InChI is InChI=1S/C14H18ClN3O2S/c1-10(2)18-9-16-17-14(18)21-8-12(19)7-20-13-5-3-11(15)4-6-13/h3-6,9-10,12,19H,7-8H2,1-2H3. The number of rotatable bonds is 7. The molecule has 114 valence electrons. The maximum Gasteiger partial charge on any atom is 0.191 e. The first-order chi connectivity index (χ1) is 10.1. The molecular weight excluding hydrogens is 310 g/mol. The van der Waals surface area contributed by atoms with E-state index in [-0.39, 0.29) is 6.61 Å². The van der Waals surface area contributed by atoms with E-state index in [0.29, 0.717) is 22.6 Å². The van der Waals surface area contributed by atoms with Crippen molar-refractivity contribution in [2.75, 3.05) is 12.4 Å². The van der Waals surface area contributed by atoms with Gasteiger partial charge in [0.2, 0.25) is 0 Å². The summed E-state index contributed by atoms with van der Waals surface area (Å²) in [5.41, 5.74) is 0. The molecule has 0 amide bonds. The highest BCUT2D eigenvalue weighted by Crippen LogP contribution is 2.20. The number of thioether (sulfide) groups is 1.